The van der Waals surface area contributed by atoms with Gasteiger partial charge in [0.15, 0.2) is 0 Å². The summed E-state index contributed by atoms with van der Waals surface area (Å²) in [6.07, 6.45) is 4.94. The summed E-state index contributed by atoms with van der Waals surface area (Å²) in [5, 5.41) is 3.78. The summed E-state index contributed by atoms with van der Waals surface area (Å²) in [6.45, 7) is 4.22. The molecule has 2 N–H and O–H groups in total. The first-order valence-corrected chi connectivity index (χ1v) is 5.31. The highest BCUT2D eigenvalue weighted by Crippen LogP contribution is 2.17. The monoisotopic (exact) mass is 197 g/mol. The lowest BCUT2D eigenvalue weighted by Crippen LogP contribution is -2.03. The van der Waals surface area contributed by atoms with Crippen molar-refractivity contribution >= 4 is 17.2 Å². The Hall–Kier alpha value is -0.900. The Morgan fingerprint density at radius 2 is 2.38 bits per heavy atom. The molecule has 1 aromatic heterocycles. The van der Waals surface area contributed by atoms with E-state index in [2.05, 4.69) is 23.3 Å². The van der Waals surface area contributed by atoms with Gasteiger partial charge in [-0.15, -0.1) is 0 Å². The van der Waals surface area contributed by atoms with Gasteiger partial charge in [-0.25, -0.2) is 4.37 Å². The highest BCUT2D eigenvalue weighted by Gasteiger charge is 2.09. The molecule has 3 nitrogen and oxygen atoms in total. The molecule has 0 unspecified atom stereocenters. The third-order valence-electron chi connectivity index (χ3n) is 1.92. The number of nitrogens with two attached hydrogens (primary N) is 1. The topological polar surface area (TPSA) is 51.3 Å². The minimum Gasteiger partial charge on any atom is -0.323 e. The summed E-state index contributed by atoms with van der Waals surface area (Å²) >= 11 is 1.55. The molecular formula is C9H15N3S. The van der Waals surface area contributed by atoms with Gasteiger partial charge in [0.2, 0.25) is 0 Å². The second kappa shape index (κ2) is 4.97. The molecule has 13 heavy (non-hydrogen) atoms. The first-order chi connectivity index (χ1) is 6.33. The van der Waals surface area contributed by atoms with Gasteiger partial charge in [0, 0.05) is 10.4 Å². The van der Waals surface area contributed by atoms with Crippen LogP contribution < -0.4 is 5.84 Å². The van der Waals surface area contributed by atoms with E-state index in [4.69, 9.17) is 5.84 Å². The maximum atomic E-state index is 5.30. The predicted octanol–water partition coefficient (Wildman–Crippen LogP) is 2.17. The largest absolute Gasteiger partial charge is 0.323 e. The molecule has 0 spiro atoms. The van der Waals surface area contributed by atoms with Crippen molar-refractivity contribution in [2.24, 2.45) is 10.9 Å². The fourth-order valence-corrected chi connectivity index (χ4v) is 2.11. The predicted molar refractivity (Wildman–Crippen MR) is 57.1 cm³/mol. The Labute approximate surface area is 82.8 Å². The summed E-state index contributed by atoms with van der Waals surface area (Å²) in [4.78, 5) is 1.30. The lowest BCUT2D eigenvalue weighted by Gasteiger charge is -2.01. The molecule has 1 rings (SSSR count). The molecule has 1 heterocycles. The molecular weight excluding hydrogens is 182 g/mol. The molecule has 0 atom stereocenters. The van der Waals surface area contributed by atoms with Crippen molar-refractivity contribution in [1.29, 1.82) is 0 Å². The van der Waals surface area contributed by atoms with Crippen LogP contribution in [0.25, 0.3) is 0 Å². The van der Waals surface area contributed by atoms with Crippen molar-refractivity contribution in [3.05, 3.63) is 16.6 Å². The summed E-state index contributed by atoms with van der Waals surface area (Å²) in [7, 11) is 0. The Morgan fingerprint density at radius 3 is 2.92 bits per heavy atom. The molecule has 0 aromatic carbocycles. The fourth-order valence-electron chi connectivity index (χ4n) is 1.26. The lowest BCUT2D eigenvalue weighted by atomic mass is 10.1. The molecule has 0 aliphatic carbocycles. The zero-order chi connectivity index (χ0) is 9.68. The number of nitrogens with zero attached hydrogens (tertiary/aromatic N) is 2. The molecule has 0 aliphatic heterocycles. The zero-order valence-corrected chi connectivity index (χ0v) is 8.90. The molecule has 4 heteroatoms. The van der Waals surface area contributed by atoms with Crippen LogP contribution in [0.1, 0.15) is 37.1 Å². The molecule has 0 saturated carbocycles. The summed E-state index contributed by atoms with van der Waals surface area (Å²) in [6, 6.07) is 0. The summed E-state index contributed by atoms with van der Waals surface area (Å²) in [5.41, 5.74) is 2.09. The standard InChI is InChI=1S/C9H15N3S/c1-3-5-9-7(6-11-13-9)8(4-2)12-10/h6H,3-5,10H2,1-2H3/b12-8-. The summed E-state index contributed by atoms with van der Waals surface area (Å²) in [5.74, 6) is 5.30. The average molecular weight is 197 g/mol. The van der Waals surface area contributed by atoms with E-state index in [9.17, 15) is 0 Å². The highest BCUT2D eigenvalue weighted by molar-refractivity contribution is 7.06. The van der Waals surface area contributed by atoms with Crippen molar-refractivity contribution in [3.63, 3.8) is 0 Å². The van der Waals surface area contributed by atoms with Crippen LogP contribution in [0.5, 0.6) is 0 Å². The molecule has 0 fully saturated rings. The average Bonchev–Trinajstić information content (AvgIpc) is 2.57. The van der Waals surface area contributed by atoms with Gasteiger partial charge in [-0.1, -0.05) is 20.3 Å². The van der Waals surface area contributed by atoms with Crippen LogP contribution in [-0.4, -0.2) is 10.1 Å². The van der Waals surface area contributed by atoms with Crippen molar-refractivity contribution in [2.45, 2.75) is 33.1 Å². The van der Waals surface area contributed by atoms with Crippen LogP contribution in [0.4, 0.5) is 0 Å². The number of aryl methyl sites for hydroxylation is 1. The molecule has 0 aliphatic rings. The van der Waals surface area contributed by atoms with Crippen LogP contribution in [0.3, 0.4) is 0 Å². The van der Waals surface area contributed by atoms with E-state index >= 15 is 0 Å². The van der Waals surface area contributed by atoms with Gasteiger partial charge in [0.05, 0.1) is 11.9 Å². The Kier molecular flexibility index (Phi) is 3.89. The van der Waals surface area contributed by atoms with E-state index in [1.54, 1.807) is 11.5 Å². The van der Waals surface area contributed by atoms with Gasteiger partial charge in [-0.2, -0.15) is 5.10 Å². The number of rotatable bonds is 4. The highest BCUT2D eigenvalue weighted by atomic mass is 32.1. The van der Waals surface area contributed by atoms with Crippen molar-refractivity contribution in [3.8, 4) is 0 Å². The van der Waals surface area contributed by atoms with Gasteiger partial charge in [-0.3, -0.25) is 0 Å². The fraction of sp³-hybridized carbons (Fsp3) is 0.556. The Bertz CT molecular complexity index is 291. The third kappa shape index (κ3) is 2.28. The van der Waals surface area contributed by atoms with Crippen molar-refractivity contribution < 1.29 is 0 Å². The molecule has 0 saturated heterocycles. The maximum Gasteiger partial charge on any atom is 0.0697 e. The van der Waals surface area contributed by atoms with Gasteiger partial charge >= 0.3 is 0 Å². The van der Waals surface area contributed by atoms with Gasteiger partial charge in [0.1, 0.15) is 0 Å². The quantitative estimate of drug-likeness (QED) is 0.457. The van der Waals surface area contributed by atoms with E-state index in [1.807, 2.05) is 6.20 Å². The Balaban J connectivity index is 2.92. The van der Waals surface area contributed by atoms with Gasteiger partial charge in [0.25, 0.3) is 0 Å². The zero-order valence-electron chi connectivity index (χ0n) is 8.08. The van der Waals surface area contributed by atoms with E-state index in [-0.39, 0.29) is 0 Å². The van der Waals surface area contributed by atoms with E-state index in [0.717, 1.165) is 30.5 Å². The molecule has 0 amide bonds. The number of aromatic nitrogens is 1. The normalized spacial score (nSPS) is 12.0. The number of hydrogen-bond acceptors (Lipinski definition) is 4. The van der Waals surface area contributed by atoms with Crippen LogP contribution in [0.15, 0.2) is 11.3 Å². The van der Waals surface area contributed by atoms with Crippen molar-refractivity contribution in [1.82, 2.24) is 4.37 Å². The van der Waals surface area contributed by atoms with E-state index in [0.29, 0.717) is 0 Å². The second-order valence-electron chi connectivity index (χ2n) is 2.84. The minimum absolute atomic E-state index is 0.867. The smallest absolute Gasteiger partial charge is 0.0697 e. The SMILES string of the molecule is CCCc1sncc1/C(CC)=N\N. The number of hydrazone groups is 1. The molecule has 0 bridgehead atoms. The van der Waals surface area contributed by atoms with Gasteiger partial charge < -0.3 is 5.84 Å². The minimum atomic E-state index is 0.867. The third-order valence-corrected chi connectivity index (χ3v) is 2.78. The maximum absolute atomic E-state index is 5.30. The lowest BCUT2D eigenvalue weighted by molar-refractivity contribution is 0.936. The molecule has 0 radical (unpaired) electrons. The van der Waals surface area contributed by atoms with E-state index in [1.165, 1.54) is 4.88 Å². The number of hydrogen-bond donors (Lipinski definition) is 1. The van der Waals surface area contributed by atoms with Crippen LogP contribution in [-0.2, 0) is 6.42 Å². The second-order valence-corrected chi connectivity index (χ2v) is 3.73. The Morgan fingerprint density at radius 1 is 1.62 bits per heavy atom. The first kappa shape index (κ1) is 10.2. The van der Waals surface area contributed by atoms with Crippen molar-refractivity contribution in [2.75, 3.05) is 0 Å². The van der Waals surface area contributed by atoms with Crippen LogP contribution >= 0.6 is 11.5 Å². The molecule has 1 aromatic rings. The van der Waals surface area contributed by atoms with Crippen LogP contribution in [0, 0.1) is 0 Å². The molecule has 72 valence electrons. The van der Waals surface area contributed by atoms with E-state index < -0.39 is 0 Å². The first-order valence-electron chi connectivity index (χ1n) is 4.54. The summed E-state index contributed by atoms with van der Waals surface area (Å²) < 4.78 is 4.16. The van der Waals surface area contributed by atoms with Gasteiger partial charge in [-0.05, 0) is 24.4 Å². The van der Waals surface area contributed by atoms with Crippen LogP contribution in [0.2, 0.25) is 0 Å².